The molecule has 3 heterocycles. The van der Waals surface area contributed by atoms with Crippen LogP contribution in [0.5, 0.6) is 0 Å². The molecule has 0 unspecified atom stereocenters. The third-order valence-corrected chi connectivity index (χ3v) is 3.49. The monoisotopic (exact) mass is 392 g/mol. The number of hydrogen-bond acceptors (Lipinski definition) is 8. The number of aromatic nitrogens is 4. The molecule has 1 fully saturated rings. The summed E-state index contributed by atoms with van der Waals surface area (Å²) in [6.07, 6.45) is -3.64. The van der Waals surface area contributed by atoms with Gasteiger partial charge in [-0.1, -0.05) is 0 Å². The largest absolute Gasteiger partial charge is 0.394 e. The van der Waals surface area contributed by atoms with Crippen molar-refractivity contribution < 1.29 is 28.8 Å². The number of halogens is 2. The smallest absolute Gasteiger partial charge is 0.332 e. The maximum atomic E-state index is 14.4. The van der Waals surface area contributed by atoms with Crippen molar-refractivity contribution in [2.45, 2.75) is 24.3 Å². The van der Waals surface area contributed by atoms with Crippen molar-refractivity contribution in [3.8, 4) is 0 Å². The van der Waals surface area contributed by atoms with E-state index in [1.807, 2.05) is 4.98 Å². The molecule has 0 aromatic carbocycles. The van der Waals surface area contributed by atoms with Gasteiger partial charge in [-0.15, -0.1) is 0 Å². The molecule has 0 aliphatic carbocycles. The van der Waals surface area contributed by atoms with Crippen LogP contribution in [0.3, 0.4) is 0 Å². The highest BCUT2D eigenvalue weighted by atomic mass is 19.2. The normalized spacial score (nSPS) is 27.1. The van der Waals surface area contributed by atoms with Gasteiger partial charge in [-0.25, -0.2) is 14.2 Å². The number of nitrogens with one attached hydrogen (secondary N) is 3. The zero-order chi connectivity index (χ0) is 20.4. The van der Waals surface area contributed by atoms with E-state index in [4.69, 9.17) is 5.11 Å². The Morgan fingerprint density at radius 2 is 1.89 bits per heavy atom. The Balaban J connectivity index is 0.000000244. The number of H-pyrrole nitrogens is 3. The van der Waals surface area contributed by atoms with Gasteiger partial charge in [-0.05, 0) is 0 Å². The number of ether oxygens (including phenoxy) is 1. The second-order valence-corrected chi connectivity index (χ2v) is 5.28. The van der Waals surface area contributed by atoms with Gasteiger partial charge in [0.15, 0.2) is 6.10 Å². The van der Waals surface area contributed by atoms with Gasteiger partial charge in [0.1, 0.15) is 12.2 Å². The van der Waals surface area contributed by atoms with E-state index >= 15 is 0 Å². The van der Waals surface area contributed by atoms with Crippen LogP contribution in [0.2, 0.25) is 0 Å². The molecule has 0 radical (unpaired) electrons. The Hall–Kier alpha value is -2.94. The van der Waals surface area contributed by atoms with E-state index in [0.29, 0.717) is 10.8 Å². The third kappa shape index (κ3) is 4.08. The molecule has 0 saturated carbocycles. The van der Waals surface area contributed by atoms with Gasteiger partial charge < -0.3 is 25.0 Å². The summed E-state index contributed by atoms with van der Waals surface area (Å²) in [5.41, 5.74) is -3.60. The van der Waals surface area contributed by atoms with Crippen molar-refractivity contribution >= 4 is 0 Å². The lowest BCUT2D eigenvalue weighted by Crippen LogP contribution is -2.48. The Morgan fingerprint density at radius 1 is 1.22 bits per heavy atom. The molecule has 6 N–H and O–H groups in total. The van der Waals surface area contributed by atoms with E-state index in [0.717, 1.165) is 12.3 Å². The minimum Gasteiger partial charge on any atom is -0.394 e. The minimum atomic E-state index is -3.05. The lowest BCUT2D eigenvalue weighted by molar-refractivity contribution is -0.239. The number of alkyl halides is 1. The number of rotatable bonds is 2. The summed E-state index contributed by atoms with van der Waals surface area (Å²) in [5, 5.41) is 27.8. The Labute approximate surface area is 146 Å². The number of hydrogen-bond donors (Lipinski definition) is 6. The van der Waals surface area contributed by atoms with E-state index in [-0.39, 0.29) is 0 Å². The van der Waals surface area contributed by atoms with Crippen molar-refractivity contribution in [2.24, 2.45) is 0 Å². The molecule has 1 saturated heterocycles. The predicted molar refractivity (Wildman–Crippen MR) is 82.0 cm³/mol. The number of aliphatic hydroxyl groups is 3. The van der Waals surface area contributed by atoms with Crippen molar-refractivity contribution in [1.29, 1.82) is 0 Å². The zero-order valence-corrected chi connectivity index (χ0v) is 13.3. The van der Waals surface area contributed by atoms with Gasteiger partial charge in [-0.3, -0.25) is 19.6 Å². The van der Waals surface area contributed by atoms with Gasteiger partial charge in [0.25, 0.3) is 11.1 Å². The zero-order valence-electron chi connectivity index (χ0n) is 13.3. The van der Waals surface area contributed by atoms with Crippen molar-refractivity contribution in [3.63, 3.8) is 0 Å². The summed E-state index contributed by atoms with van der Waals surface area (Å²) in [7, 11) is 0. The molecule has 3 rings (SSSR count). The highest BCUT2D eigenvalue weighted by Crippen LogP contribution is 2.35. The summed E-state index contributed by atoms with van der Waals surface area (Å²) in [4.78, 5) is 48.0. The van der Waals surface area contributed by atoms with E-state index in [1.165, 1.54) is 0 Å². The molecule has 0 bridgehead atoms. The van der Waals surface area contributed by atoms with Crippen LogP contribution in [0.4, 0.5) is 8.78 Å². The van der Waals surface area contributed by atoms with Crippen LogP contribution >= 0.6 is 0 Å². The van der Waals surface area contributed by atoms with Crippen molar-refractivity contribution in [1.82, 2.24) is 19.5 Å². The highest BCUT2D eigenvalue weighted by Gasteiger charge is 2.57. The summed E-state index contributed by atoms with van der Waals surface area (Å²) < 4.78 is 31.4. The quantitative estimate of drug-likeness (QED) is 0.302. The first kappa shape index (κ1) is 20.4. The van der Waals surface area contributed by atoms with Crippen LogP contribution < -0.4 is 22.5 Å². The first-order valence-electron chi connectivity index (χ1n) is 7.24. The summed E-state index contributed by atoms with van der Waals surface area (Å²) in [6, 6.07) is 0.859. The first-order chi connectivity index (χ1) is 12.6. The van der Waals surface area contributed by atoms with Crippen LogP contribution in [0, 0.1) is 5.82 Å². The Kier molecular flexibility index (Phi) is 5.85. The molecule has 2 aromatic heterocycles. The number of aliphatic hydroxyl groups excluding tert-OH is 3. The van der Waals surface area contributed by atoms with Crippen molar-refractivity contribution in [2.75, 3.05) is 6.61 Å². The molecular weight excluding hydrogens is 378 g/mol. The fourth-order valence-electron chi connectivity index (χ4n) is 2.16. The Bertz CT molecular complexity index is 1030. The lowest BCUT2D eigenvalue weighted by Gasteiger charge is -2.24. The average Bonchev–Trinajstić information content (AvgIpc) is 2.83. The SMILES string of the molecule is O=c1[nH]cc(F)c(=O)[nH]1.O=c1ccn([C@]2(F)O[C@H](CO)[C@@H](O)[C@H]2O)c(=O)[nH]1. The molecule has 0 spiro atoms. The van der Waals surface area contributed by atoms with E-state index in [1.54, 1.807) is 9.97 Å². The molecule has 2 aromatic rings. The molecule has 0 amide bonds. The molecule has 1 aliphatic rings. The maximum Gasteiger partial charge on any atom is 0.332 e. The molecular formula is C13H14F2N4O8. The maximum absolute atomic E-state index is 14.4. The summed E-state index contributed by atoms with van der Waals surface area (Å²) in [6.45, 7) is -0.734. The van der Waals surface area contributed by atoms with E-state index < -0.39 is 59.2 Å². The average molecular weight is 392 g/mol. The summed E-state index contributed by atoms with van der Waals surface area (Å²) in [5.74, 6) is -4.04. The van der Waals surface area contributed by atoms with Gasteiger partial charge >= 0.3 is 17.4 Å². The van der Waals surface area contributed by atoms with Crippen LogP contribution in [0.1, 0.15) is 0 Å². The van der Waals surface area contributed by atoms with Crippen LogP contribution in [0.15, 0.2) is 37.6 Å². The fraction of sp³-hybridized carbons (Fsp3) is 0.385. The highest BCUT2D eigenvalue weighted by molar-refractivity contribution is 4.96. The minimum absolute atomic E-state index is 0.304. The second kappa shape index (κ2) is 7.75. The molecule has 4 atom stereocenters. The van der Waals surface area contributed by atoms with Gasteiger partial charge in [0.05, 0.1) is 6.61 Å². The molecule has 148 valence electrons. The first-order valence-corrected chi connectivity index (χ1v) is 7.24. The Morgan fingerprint density at radius 3 is 2.37 bits per heavy atom. The van der Waals surface area contributed by atoms with Gasteiger partial charge in [0, 0.05) is 18.5 Å². The van der Waals surface area contributed by atoms with E-state index in [2.05, 4.69) is 4.74 Å². The molecule has 14 heteroatoms. The van der Waals surface area contributed by atoms with Gasteiger partial charge in [-0.2, -0.15) is 8.78 Å². The molecule has 1 aliphatic heterocycles. The van der Waals surface area contributed by atoms with Gasteiger partial charge in [0.2, 0.25) is 5.82 Å². The van der Waals surface area contributed by atoms with E-state index in [9.17, 15) is 38.2 Å². The van der Waals surface area contributed by atoms with Crippen LogP contribution in [-0.2, 0) is 10.7 Å². The van der Waals surface area contributed by atoms with Crippen LogP contribution in [0.25, 0.3) is 0 Å². The third-order valence-electron chi connectivity index (χ3n) is 3.49. The van der Waals surface area contributed by atoms with Crippen LogP contribution in [-0.4, -0.2) is 59.8 Å². The van der Waals surface area contributed by atoms with Crippen molar-refractivity contribution in [3.05, 3.63) is 66.0 Å². The standard InChI is InChI=1S/C9H11FN2O6.C4H3FN2O2/c10-9(7(16)6(15)4(3-13)18-9)12-2-1-5(14)11-8(12)17;5-2-1-6-4(9)7-3(2)8/h1-2,4,6-7,13,15-16H,3H2,(H,11,14,17);1H,(H2,6,7,8,9)/t4-,6-,7-,9+;/m1./s1. The fourth-order valence-corrected chi connectivity index (χ4v) is 2.16. The second-order valence-electron chi connectivity index (χ2n) is 5.28. The predicted octanol–water partition coefficient (Wildman–Crippen LogP) is -3.57. The molecule has 12 nitrogen and oxygen atoms in total. The number of aromatic amines is 3. The number of nitrogens with zero attached hydrogens (tertiary/aromatic N) is 1. The molecule has 27 heavy (non-hydrogen) atoms. The topological polar surface area (TPSA) is 190 Å². The summed E-state index contributed by atoms with van der Waals surface area (Å²) >= 11 is 0. The lowest BCUT2D eigenvalue weighted by atomic mass is 10.1.